The monoisotopic (exact) mass is 350 g/mol. The minimum atomic E-state index is -0.755. The van der Waals surface area contributed by atoms with E-state index in [-0.39, 0.29) is 11.6 Å². The largest absolute Gasteiger partial charge is 0.481 e. The second-order valence-corrected chi connectivity index (χ2v) is 5.97. The van der Waals surface area contributed by atoms with Crippen molar-refractivity contribution in [3.05, 3.63) is 76.3 Å². The molecule has 0 aromatic heterocycles. The molecule has 1 atom stereocenters. The zero-order valence-corrected chi connectivity index (χ0v) is 14.4. The quantitative estimate of drug-likeness (QED) is 0.544. The minimum absolute atomic E-state index is 0.0362. The molecular formula is C20H18N2O4. The van der Waals surface area contributed by atoms with Crippen molar-refractivity contribution >= 4 is 28.1 Å². The fraction of sp³-hybridized carbons (Fsp3) is 0.150. The third-order valence-corrected chi connectivity index (χ3v) is 4.16. The van der Waals surface area contributed by atoms with Crippen molar-refractivity contribution in [2.45, 2.75) is 20.0 Å². The molecule has 1 N–H and O–H groups in total. The highest BCUT2D eigenvalue weighted by molar-refractivity contribution is 5.95. The van der Waals surface area contributed by atoms with Gasteiger partial charge in [-0.1, -0.05) is 36.4 Å². The summed E-state index contributed by atoms with van der Waals surface area (Å²) in [5.41, 5.74) is 0.771. The number of rotatable bonds is 5. The molecule has 132 valence electrons. The molecule has 0 radical (unpaired) electrons. The van der Waals surface area contributed by atoms with E-state index in [1.54, 1.807) is 19.9 Å². The SMILES string of the molecule is Cc1c(NC(=O)[C@H](C)Oc2ccc3ccccc3c2)cccc1[N+](=O)[O-]. The van der Waals surface area contributed by atoms with Crippen LogP contribution in [0.2, 0.25) is 0 Å². The first-order valence-electron chi connectivity index (χ1n) is 8.16. The Labute approximate surface area is 150 Å². The zero-order valence-electron chi connectivity index (χ0n) is 14.4. The number of amides is 1. The number of hydrogen-bond donors (Lipinski definition) is 1. The Balaban J connectivity index is 1.73. The van der Waals surface area contributed by atoms with Crippen molar-refractivity contribution < 1.29 is 14.5 Å². The first-order chi connectivity index (χ1) is 12.5. The van der Waals surface area contributed by atoms with E-state index in [1.807, 2.05) is 42.5 Å². The molecule has 3 aromatic carbocycles. The highest BCUT2D eigenvalue weighted by Gasteiger charge is 2.19. The van der Waals surface area contributed by atoms with Crippen molar-refractivity contribution in [3.63, 3.8) is 0 Å². The van der Waals surface area contributed by atoms with E-state index in [4.69, 9.17) is 4.74 Å². The fourth-order valence-corrected chi connectivity index (χ4v) is 2.69. The van der Waals surface area contributed by atoms with Gasteiger partial charge in [-0.15, -0.1) is 0 Å². The van der Waals surface area contributed by atoms with E-state index in [1.165, 1.54) is 12.1 Å². The maximum Gasteiger partial charge on any atom is 0.274 e. The van der Waals surface area contributed by atoms with Crippen molar-refractivity contribution in [2.75, 3.05) is 5.32 Å². The number of ether oxygens (including phenoxy) is 1. The Hall–Kier alpha value is -3.41. The Morgan fingerprint density at radius 3 is 2.54 bits per heavy atom. The number of hydrogen-bond acceptors (Lipinski definition) is 4. The molecule has 3 aromatic rings. The second kappa shape index (κ2) is 7.23. The molecule has 0 aliphatic rings. The molecule has 0 heterocycles. The molecule has 3 rings (SSSR count). The molecule has 0 saturated heterocycles. The van der Waals surface area contributed by atoms with Crippen LogP contribution < -0.4 is 10.1 Å². The number of anilines is 1. The van der Waals surface area contributed by atoms with Gasteiger partial charge in [0, 0.05) is 6.07 Å². The van der Waals surface area contributed by atoms with Crippen LogP contribution in [-0.4, -0.2) is 16.9 Å². The van der Waals surface area contributed by atoms with E-state index >= 15 is 0 Å². The molecule has 0 fully saturated rings. The summed E-state index contributed by atoms with van der Waals surface area (Å²) < 4.78 is 5.73. The molecule has 0 unspecified atom stereocenters. The third-order valence-electron chi connectivity index (χ3n) is 4.16. The van der Waals surface area contributed by atoms with Crippen LogP contribution in [0, 0.1) is 17.0 Å². The molecule has 26 heavy (non-hydrogen) atoms. The third kappa shape index (κ3) is 3.64. The van der Waals surface area contributed by atoms with Gasteiger partial charge in [0.25, 0.3) is 11.6 Å². The molecular weight excluding hydrogens is 332 g/mol. The highest BCUT2D eigenvalue weighted by Crippen LogP contribution is 2.26. The first kappa shape index (κ1) is 17.4. The van der Waals surface area contributed by atoms with Gasteiger partial charge in [-0.05, 0) is 42.8 Å². The van der Waals surface area contributed by atoms with Crippen LogP contribution in [0.1, 0.15) is 12.5 Å². The number of carbonyl (C=O) groups is 1. The first-order valence-corrected chi connectivity index (χ1v) is 8.16. The van der Waals surface area contributed by atoms with Crippen LogP contribution in [-0.2, 0) is 4.79 Å². The lowest BCUT2D eigenvalue weighted by Gasteiger charge is -2.16. The van der Waals surface area contributed by atoms with Crippen LogP contribution in [0.15, 0.2) is 60.7 Å². The Morgan fingerprint density at radius 1 is 1.08 bits per heavy atom. The summed E-state index contributed by atoms with van der Waals surface area (Å²) in [5, 5.41) is 15.8. The van der Waals surface area contributed by atoms with Gasteiger partial charge in [0.15, 0.2) is 6.10 Å². The summed E-state index contributed by atoms with van der Waals surface area (Å²) in [4.78, 5) is 22.9. The van der Waals surface area contributed by atoms with E-state index in [9.17, 15) is 14.9 Å². The van der Waals surface area contributed by atoms with Crippen LogP contribution in [0.25, 0.3) is 10.8 Å². The van der Waals surface area contributed by atoms with Crippen LogP contribution >= 0.6 is 0 Å². The molecule has 0 aliphatic carbocycles. The van der Waals surface area contributed by atoms with E-state index in [2.05, 4.69) is 5.32 Å². The summed E-state index contributed by atoms with van der Waals surface area (Å²) in [6.07, 6.45) is -0.755. The Kier molecular flexibility index (Phi) is 4.84. The van der Waals surface area contributed by atoms with E-state index in [0.717, 1.165) is 10.8 Å². The summed E-state index contributed by atoms with van der Waals surface area (Å²) in [5.74, 6) is 0.212. The van der Waals surface area contributed by atoms with Gasteiger partial charge in [-0.25, -0.2) is 0 Å². The lowest BCUT2D eigenvalue weighted by Crippen LogP contribution is -2.30. The van der Waals surface area contributed by atoms with Crippen LogP contribution in [0.3, 0.4) is 0 Å². The summed E-state index contributed by atoms with van der Waals surface area (Å²) in [7, 11) is 0. The normalized spacial score (nSPS) is 11.8. The molecule has 0 bridgehead atoms. The lowest BCUT2D eigenvalue weighted by molar-refractivity contribution is -0.385. The maximum atomic E-state index is 12.4. The number of nitrogens with one attached hydrogen (secondary N) is 1. The van der Waals surface area contributed by atoms with Crippen LogP contribution in [0.4, 0.5) is 11.4 Å². The van der Waals surface area contributed by atoms with Gasteiger partial charge in [0.1, 0.15) is 5.75 Å². The van der Waals surface area contributed by atoms with Gasteiger partial charge in [-0.3, -0.25) is 14.9 Å². The molecule has 0 spiro atoms. The smallest absolute Gasteiger partial charge is 0.274 e. The predicted molar refractivity (Wildman–Crippen MR) is 101 cm³/mol. The van der Waals surface area contributed by atoms with Gasteiger partial charge < -0.3 is 10.1 Å². The number of nitro benzene ring substituents is 1. The summed E-state index contributed by atoms with van der Waals surface area (Å²) in [6.45, 7) is 3.24. The fourth-order valence-electron chi connectivity index (χ4n) is 2.69. The van der Waals surface area contributed by atoms with Crippen molar-refractivity contribution in [1.29, 1.82) is 0 Å². The minimum Gasteiger partial charge on any atom is -0.481 e. The average Bonchev–Trinajstić information content (AvgIpc) is 2.63. The molecule has 0 aliphatic heterocycles. The molecule has 6 nitrogen and oxygen atoms in total. The molecule has 1 amide bonds. The number of fused-ring (bicyclic) bond motifs is 1. The van der Waals surface area contributed by atoms with Gasteiger partial charge in [-0.2, -0.15) is 0 Å². The summed E-state index contributed by atoms with van der Waals surface area (Å²) >= 11 is 0. The predicted octanol–water partition coefficient (Wildman–Crippen LogP) is 4.46. The van der Waals surface area contributed by atoms with E-state index < -0.39 is 11.0 Å². The Bertz CT molecular complexity index is 984. The molecule has 0 saturated carbocycles. The van der Waals surface area contributed by atoms with Crippen molar-refractivity contribution in [2.24, 2.45) is 0 Å². The number of nitrogens with zero attached hydrogens (tertiary/aromatic N) is 1. The zero-order chi connectivity index (χ0) is 18.7. The van der Waals surface area contributed by atoms with Gasteiger partial charge in [0.2, 0.25) is 0 Å². The lowest BCUT2D eigenvalue weighted by atomic mass is 10.1. The van der Waals surface area contributed by atoms with Crippen molar-refractivity contribution in [3.8, 4) is 5.75 Å². The number of nitro groups is 1. The van der Waals surface area contributed by atoms with Crippen molar-refractivity contribution in [1.82, 2.24) is 0 Å². The maximum absolute atomic E-state index is 12.4. The topological polar surface area (TPSA) is 81.5 Å². The average molecular weight is 350 g/mol. The van der Waals surface area contributed by atoms with Gasteiger partial charge in [0.05, 0.1) is 16.2 Å². The molecule has 6 heteroatoms. The standard InChI is InChI=1S/C20H18N2O4/c1-13-18(8-5-9-19(13)22(24)25)21-20(23)14(2)26-17-11-10-15-6-3-4-7-16(15)12-17/h3-12,14H,1-2H3,(H,21,23)/t14-/m0/s1. The summed E-state index contributed by atoms with van der Waals surface area (Å²) in [6, 6.07) is 18.0. The van der Waals surface area contributed by atoms with Crippen LogP contribution in [0.5, 0.6) is 5.75 Å². The van der Waals surface area contributed by atoms with Gasteiger partial charge >= 0.3 is 0 Å². The Morgan fingerprint density at radius 2 is 1.81 bits per heavy atom. The second-order valence-electron chi connectivity index (χ2n) is 5.97. The van der Waals surface area contributed by atoms with E-state index in [0.29, 0.717) is 17.0 Å². The number of benzene rings is 3. The highest BCUT2D eigenvalue weighted by atomic mass is 16.6. The number of carbonyl (C=O) groups excluding carboxylic acids is 1.